The SMILES string of the molecule is Cc1ccc(C(=O)O)cc1C1=C2C=CC(=[N+](C)C)C=C2[Si](C(C)C)(C(C)C)c2cc(N(C)C)ccc21. The number of hydrogen-bond acceptors (Lipinski definition) is 2. The van der Waals surface area contributed by atoms with Crippen molar-refractivity contribution >= 4 is 36.2 Å². The fourth-order valence-corrected chi connectivity index (χ4v) is 12.4. The van der Waals surface area contributed by atoms with E-state index in [-0.39, 0.29) is 0 Å². The number of anilines is 1. The number of rotatable bonds is 5. The lowest BCUT2D eigenvalue weighted by Crippen LogP contribution is -2.59. The third-order valence-corrected chi connectivity index (χ3v) is 14.3. The molecule has 0 fully saturated rings. The molecule has 0 aromatic heterocycles. The van der Waals surface area contributed by atoms with Crippen molar-refractivity contribution in [2.75, 3.05) is 33.1 Å². The zero-order chi connectivity index (χ0) is 26.5. The largest absolute Gasteiger partial charge is 0.478 e. The van der Waals surface area contributed by atoms with Crippen LogP contribution >= 0.6 is 0 Å². The second-order valence-electron chi connectivity index (χ2n) is 11.1. The van der Waals surface area contributed by atoms with Gasteiger partial charge in [0.1, 0.15) is 22.2 Å². The number of benzene rings is 2. The molecule has 0 atom stereocenters. The van der Waals surface area contributed by atoms with Gasteiger partial charge in [0.05, 0.1) is 5.56 Å². The van der Waals surface area contributed by atoms with E-state index in [1.165, 1.54) is 32.9 Å². The highest BCUT2D eigenvalue weighted by atomic mass is 28.3. The van der Waals surface area contributed by atoms with E-state index in [0.29, 0.717) is 16.6 Å². The molecular formula is C31H39N2O2Si+. The van der Waals surface area contributed by atoms with Gasteiger partial charge in [0.2, 0.25) is 0 Å². The van der Waals surface area contributed by atoms with Crippen molar-refractivity contribution in [1.29, 1.82) is 0 Å². The van der Waals surface area contributed by atoms with Gasteiger partial charge in [-0.05, 0) is 86.6 Å². The molecule has 188 valence electrons. The lowest BCUT2D eigenvalue weighted by Gasteiger charge is -2.48. The first-order valence-corrected chi connectivity index (χ1v) is 14.9. The van der Waals surface area contributed by atoms with Crippen molar-refractivity contribution in [2.24, 2.45) is 0 Å². The van der Waals surface area contributed by atoms with Crippen LogP contribution in [0.25, 0.3) is 5.57 Å². The minimum Gasteiger partial charge on any atom is -0.478 e. The lowest BCUT2D eigenvalue weighted by molar-refractivity contribution is -0.462. The summed E-state index contributed by atoms with van der Waals surface area (Å²) < 4.78 is 2.18. The molecule has 4 rings (SSSR count). The second-order valence-corrected chi connectivity index (χ2v) is 16.3. The molecule has 0 saturated heterocycles. The molecule has 2 aromatic rings. The standard InChI is InChI=1S/C31H38N2O2Si/c1-19(2)36(20(3)4)28-17-23(32(6)7)12-14-25(28)30(26-15-13-24(33(8)9)18-29(26)36)27-16-22(31(34)35)11-10-21(27)5/h10-20H,1-9H3/p+1. The molecule has 36 heavy (non-hydrogen) atoms. The summed E-state index contributed by atoms with van der Waals surface area (Å²) >= 11 is 0. The maximum Gasteiger partial charge on any atom is 0.335 e. The molecule has 2 aliphatic rings. The van der Waals surface area contributed by atoms with Crippen molar-refractivity contribution in [3.05, 3.63) is 87.6 Å². The van der Waals surface area contributed by atoms with E-state index >= 15 is 0 Å². The molecule has 1 N–H and O–H groups in total. The Morgan fingerprint density at radius 2 is 1.61 bits per heavy atom. The topological polar surface area (TPSA) is 43.5 Å². The first-order valence-electron chi connectivity index (χ1n) is 12.8. The Balaban J connectivity index is 2.23. The highest BCUT2D eigenvalue weighted by Gasteiger charge is 2.51. The molecule has 0 bridgehead atoms. The number of fused-ring (bicyclic) bond motifs is 2. The van der Waals surface area contributed by atoms with Crippen LogP contribution in [0.4, 0.5) is 5.69 Å². The highest BCUT2D eigenvalue weighted by molar-refractivity contribution is 7.01. The van der Waals surface area contributed by atoms with Crippen molar-refractivity contribution in [1.82, 2.24) is 0 Å². The van der Waals surface area contributed by atoms with Gasteiger partial charge in [-0.2, -0.15) is 0 Å². The fourth-order valence-electron chi connectivity index (χ4n) is 6.26. The zero-order valence-corrected chi connectivity index (χ0v) is 24.1. The summed E-state index contributed by atoms with van der Waals surface area (Å²) in [6.07, 6.45) is 6.90. The molecule has 1 aliphatic carbocycles. The van der Waals surface area contributed by atoms with Gasteiger partial charge in [0.25, 0.3) is 0 Å². The fraction of sp³-hybridized carbons (Fsp3) is 0.355. The van der Waals surface area contributed by atoms with Crippen LogP contribution in [0.3, 0.4) is 0 Å². The van der Waals surface area contributed by atoms with E-state index in [1.807, 2.05) is 12.1 Å². The number of hydrogen-bond donors (Lipinski definition) is 1. The molecule has 0 unspecified atom stereocenters. The van der Waals surface area contributed by atoms with E-state index in [2.05, 4.69) is 109 Å². The number of nitrogens with zero attached hydrogens (tertiary/aromatic N) is 2. The van der Waals surface area contributed by atoms with Crippen molar-refractivity contribution in [3.63, 3.8) is 0 Å². The van der Waals surface area contributed by atoms with E-state index in [0.717, 1.165) is 16.7 Å². The van der Waals surface area contributed by atoms with Gasteiger partial charge in [-0.25, -0.2) is 9.37 Å². The summed E-state index contributed by atoms with van der Waals surface area (Å²) in [6.45, 7) is 11.7. The number of carbonyl (C=O) groups is 1. The van der Waals surface area contributed by atoms with E-state index in [9.17, 15) is 9.90 Å². The van der Waals surface area contributed by atoms with Gasteiger partial charge in [-0.1, -0.05) is 39.8 Å². The average Bonchev–Trinajstić information content (AvgIpc) is 2.81. The molecular weight excluding hydrogens is 460 g/mol. The van der Waals surface area contributed by atoms with Crippen LogP contribution in [0.5, 0.6) is 0 Å². The Morgan fingerprint density at radius 3 is 2.17 bits per heavy atom. The number of carboxylic acid groups (broad SMARTS) is 1. The summed E-state index contributed by atoms with van der Waals surface area (Å²) in [5, 5.41) is 12.7. The number of carboxylic acids is 1. The smallest absolute Gasteiger partial charge is 0.335 e. The van der Waals surface area contributed by atoms with E-state index in [4.69, 9.17) is 0 Å². The summed E-state index contributed by atoms with van der Waals surface area (Å²) in [4.78, 5) is 14.1. The molecule has 1 heterocycles. The zero-order valence-electron chi connectivity index (χ0n) is 23.1. The minimum atomic E-state index is -2.25. The molecule has 0 radical (unpaired) electrons. The van der Waals surface area contributed by atoms with Gasteiger partial charge < -0.3 is 10.0 Å². The summed E-state index contributed by atoms with van der Waals surface area (Å²) in [5.74, 6) is -0.896. The second kappa shape index (κ2) is 9.36. The van der Waals surface area contributed by atoms with Crippen LogP contribution in [-0.4, -0.2) is 57.6 Å². The van der Waals surface area contributed by atoms with Gasteiger partial charge >= 0.3 is 5.97 Å². The van der Waals surface area contributed by atoms with Crippen LogP contribution in [0.1, 0.15) is 54.7 Å². The van der Waals surface area contributed by atoms with Gasteiger partial charge in [0.15, 0.2) is 5.71 Å². The van der Waals surface area contributed by atoms with Gasteiger partial charge in [-0.15, -0.1) is 0 Å². The van der Waals surface area contributed by atoms with Gasteiger partial charge in [0, 0.05) is 31.9 Å². The first-order chi connectivity index (χ1) is 16.9. The predicted molar refractivity (Wildman–Crippen MR) is 155 cm³/mol. The minimum absolute atomic E-state index is 0.322. The molecule has 0 amide bonds. The maximum absolute atomic E-state index is 11.9. The monoisotopic (exact) mass is 499 g/mol. The third-order valence-electron chi connectivity index (χ3n) is 8.04. The van der Waals surface area contributed by atoms with Crippen LogP contribution in [0.15, 0.2) is 65.4 Å². The molecule has 2 aromatic carbocycles. The quantitative estimate of drug-likeness (QED) is 0.418. The Morgan fingerprint density at radius 1 is 0.944 bits per heavy atom. The molecule has 1 aliphatic heterocycles. The van der Waals surface area contributed by atoms with Gasteiger partial charge in [-0.3, -0.25) is 0 Å². The Bertz CT molecular complexity index is 1360. The molecule has 5 heteroatoms. The van der Waals surface area contributed by atoms with E-state index in [1.54, 1.807) is 6.07 Å². The van der Waals surface area contributed by atoms with Crippen LogP contribution < -0.4 is 10.1 Å². The first kappa shape index (κ1) is 25.9. The van der Waals surface area contributed by atoms with Crippen molar-refractivity contribution < 1.29 is 14.5 Å². The van der Waals surface area contributed by atoms with E-state index < -0.39 is 14.0 Å². The average molecular weight is 500 g/mol. The Hall–Kier alpha value is -3.18. The number of aromatic carboxylic acids is 1. The van der Waals surface area contributed by atoms with Crippen LogP contribution in [0, 0.1) is 6.92 Å². The predicted octanol–water partition coefficient (Wildman–Crippen LogP) is 5.80. The molecule has 0 spiro atoms. The van der Waals surface area contributed by atoms with Crippen molar-refractivity contribution in [3.8, 4) is 0 Å². The van der Waals surface area contributed by atoms with Crippen LogP contribution in [0.2, 0.25) is 11.1 Å². The summed E-state index contributed by atoms with van der Waals surface area (Å²) in [5.41, 5.74) is 9.45. The summed E-state index contributed by atoms with van der Waals surface area (Å²) in [7, 11) is 6.14. The van der Waals surface area contributed by atoms with Crippen LogP contribution in [-0.2, 0) is 0 Å². The third kappa shape index (κ3) is 3.90. The maximum atomic E-state index is 11.9. The Kier molecular flexibility index (Phi) is 6.73. The number of aryl methyl sites for hydroxylation is 1. The highest BCUT2D eigenvalue weighted by Crippen LogP contribution is 2.50. The Labute approximate surface area is 217 Å². The normalized spacial score (nSPS) is 16.2. The summed E-state index contributed by atoms with van der Waals surface area (Å²) in [6, 6.07) is 12.4. The molecule has 4 nitrogen and oxygen atoms in total. The lowest BCUT2D eigenvalue weighted by atomic mass is 9.86. The van der Waals surface area contributed by atoms with Crippen molar-refractivity contribution in [2.45, 2.75) is 45.7 Å². The molecule has 0 saturated carbocycles. The number of allylic oxidation sites excluding steroid dienone is 5.